The Morgan fingerprint density at radius 1 is 1.31 bits per heavy atom. The molecule has 2 N–H and O–H groups in total. The standard InChI is InChI=1S/C17H26N4O3S.HI/c1-3-21(12-14-7-5-4-6-8-14)16(22)11-19-17(18-2)20-15-9-10-25(23,24)13-15;/h4-8,15H,3,9-13H2,1-2H3,(H2,18,19,20);1H. The van der Waals surface area contributed by atoms with E-state index in [0.717, 1.165) is 5.56 Å². The van der Waals surface area contributed by atoms with Crippen LogP contribution >= 0.6 is 24.0 Å². The molecule has 7 nitrogen and oxygen atoms in total. The van der Waals surface area contributed by atoms with Gasteiger partial charge in [0, 0.05) is 26.2 Å². The summed E-state index contributed by atoms with van der Waals surface area (Å²) >= 11 is 0. The van der Waals surface area contributed by atoms with Crippen molar-refractivity contribution in [3.05, 3.63) is 35.9 Å². The molecule has 0 spiro atoms. The van der Waals surface area contributed by atoms with Crippen molar-refractivity contribution in [2.75, 3.05) is 31.6 Å². The molecule has 1 aromatic carbocycles. The summed E-state index contributed by atoms with van der Waals surface area (Å²) < 4.78 is 23.0. The number of nitrogens with zero attached hydrogens (tertiary/aromatic N) is 2. The predicted molar refractivity (Wildman–Crippen MR) is 115 cm³/mol. The van der Waals surface area contributed by atoms with Crippen LogP contribution in [-0.4, -0.2) is 62.9 Å². The van der Waals surface area contributed by atoms with Crippen LogP contribution in [0.3, 0.4) is 0 Å². The van der Waals surface area contributed by atoms with Crippen LogP contribution in [0.1, 0.15) is 18.9 Å². The topological polar surface area (TPSA) is 90.9 Å². The van der Waals surface area contributed by atoms with E-state index >= 15 is 0 Å². The molecular formula is C17H27IN4O3S. The summed E-state index contributed by atoms with van der Waals surface area (Å²) in [6.07, 6.45) is 0.562. The lowest BCUT2D eigenvalue weighted by atomic mass is 10.2. The molecule has 0 bridgehead atoms. The van der Waals surface area contributed by atoms with Gasteiger partial charge in [-0.1, -0.05) is 30.3 Å². The van der Waals surface area contributed by atoms with E-state index < -0.39 is 9.84 Å². The summed E-state index contributed by atoms with van der Waals surface area (Å²) in [5.74, 6) is 0.720. The van der Waals surface area contributed by atoms with E-state index in [1.807, 2.05) is 37.3 Å². The molecule has 9 heteroatoms. The minimum absolute atomic E-state index is 0. The molecule has 1 aromatic rings. The third-order valence-corrected chi connectivity index (χ3v) is 5.92. The SMILES string of the molecule is CCN(Cc1ccccc1)C(=O)CNC(=NC)NC1CCS(=O)(=O)C1.I. The Balaban J connectivity index is 0.00000338. The van der Waals surface area contributed by atoms with Crippen molar-refractivity contribution in [2.45, 2.75) is 25.9 Å². The van der Waals surface area contributed by atoms with Gasteiger partial charge in [0.05, 0.1) is 18.1 Å². The number of hydrogen-bond donors (Lipinski definition) is 2. The first-order chi connectivity index (χ1) is 11.9. The maximum Gasteiger partial charge on any atom is 0.242 e. The number of sulfone groups is 1. The van der Waals surface area contributed by atoms with E-state index in [9.17, 15) is 13.2 Å². The summed E-state index contributed by atoms with van der Waals surface area (Å²) in [4.78, 5) is 18.3. The zero-order chi connectivity index (χ0) is 18.3. The van der Waals surface area contributed by atoms with Crippen molar-refractivity contribution in [1.82, 2.24) is 15.5 Å². The Labute approximate surface area is 172 Å². The largest absolute Gasteiger partial charge is 0.353 e. The first-order valence-corrected chi connectivity index (χ1v) is 10.2. The molecule has 2 rings (SSSR count). The molecular weight excluding hydrogens is 467 g/mol. The van der Waals surface area contributed by atoms with Gasteiger partial charge in [-0.05, 0) is 18.9 Å². The van der Waals surface area contributed by atoms with Gasteiger partial charge in [0.1, 0.15) is 0 Å². The third-order valence-electron chi connectivity index (χ3n) is 4.15. The monoisotopic (exact) mass is 494 g/mol. The van der Waals surface area contributed by atoms with Crippen LogP contribution in [0.15, 0.2) is 35.3 Å². The van der Waals surface area contributed by atoms with Gasteiger partial charge in [0.25, 0.3) is 0 Å². The van der Waals surface area contributed by atoms with Gasteiger partial charge in [-0.3, -0.25) is 9.79 Å². The average Bonchev–Trinajstić information content (AvgIpc) is 2.95. The number of amides is 1. The lowest BCUT2D eigenvalue weighted by Gasteiger charge is -2.22. The summed E-state index contributed by atoms with van der Waals surface area (Å²) in [6, 6.07) is 9.68. The lowest BCUT2D eigenvalue weighted by molar-refractivity contribution is -0.130. The predicted octanol–water partition coefficient (Wildman–Crippen LogP) is 1.01. The lowest BCUT2D eigenvalue weighted by Crippen LogP contribution is -2.47. The molecule has 0 radical (unpaired) electrons. The van der Waals surface area contributed by atoms with Crippen LogP contribution in [-0.2, 0) is 21.2 Å². The molecule has 0 saturated carbocycles. The van der Waals surface area contributed by atoms with Crippen LogP contribution < -0.4 is 10.6 Å². The maximum atomic E-state index is 12.4. The summed E-state index contributed by atoms with van der Waals surface area (Å²) in [5.41, 5.74) is 1.08. The van der Waals surface area contributed by atoms with E-state index in [1.165, 1.54) is 0 Å². The molecule has 1 aliphatic rings. The molecule has 26 heavy (non-hydrogen) atoms. The van der Waals surface area contributed by atoms with Crippen LogP contribution in [0.2, 0.25) is 0 Å². The Morgan fingerprint density at radius 2 is 2.00 bits per heavy atom. The zero-order valence-corrected chi connectivity index (χ0v) is 18.3. The highest BCUT2D eigenvalue weighted by Crippen LogP contribution is 2.11. The Kier molecular flexibility index (Phi) is 9.34. The van der Waals surface area contributed by atoms with Crippen molar-refractivity contribution in [1.29, 1.82) is 0 Å². The highest BCUT2D eigenvalue weighted by atomic mass is 127. The van der Waals surface area contributed by atoms with E-state index in [2.05, 4.69) is 15.6 Å². The van der Waals surface area contributed by atoms with Crippen molar-refractivity contribution in [3.8, 4) is 0 Å². The second-order valence-electron chi connectivity index (χ2n) is 6.06. The second kappa shape index (κ2) is 10.7. The number of carbonyl (C=O) groups excluding carboxylic acids is 1. The summed E-state index contributed by atoms with van der Waals surface area (Å²) in [5, 5.41) is 6.05. The first kappa shape index (κ1) is 22.7. The molecule has 1 heterocycles. The van der Waals surface area contributed by atoms with Crippen molar-refractivity contribution < 1.29 is 13.2 Å². The highest BCUT2D eigenvalue weighted by molar-refractivity contribution is 14.0. The van der Waals surface area contributed by atoms with Gasteiger partial charge in [-0.25, -0.2) is 8.42 Å². The number of carbonyl (C=O) groups is 1. The smallest absolute Gasteiger partial charge is 0.242 e. The maximum absolute atomic E-state index is 12.4. The van der Waals surface area contributed by atoms with E-state index in [-0.39, 0.29) is 54.0 Å². The number of aliphatic imine (C=N–C) groups is 1. The molecule has 1 atom stereocenters. The second-order valence-corrected chi connectivity index (χ2v) is 8.29. The fraction of sp³-hybridized carbons (Fsp3) is 0.529. The number of halogens is 1. The fourth-order valence-electron chi connectivity index (χ4n) is 2.75. The number of benzene rings is 1. The van der Waals surface area contributed by atoms with Gasteiger partial charge >= 0.3 is 0 Å². The number of rotatable bonds is 6. The van der Waals surface area contributed by atoms with Crippen LogP contribution in [0, 0.1) is 0 Å². The van der Waals surface area contributed by atoms with Crippen molar-refractivity contribution in [3.63, 3.8) is 0 Å². The van der Waals surface area contributed by atoms with Crippen molar-refractivity contribution in [2.24, 2.45) is 4.99 Å². The molecule has 1 aliphatic heterocycles. The van der Waals surface area contributed by atoms with Gasteiger partial charge in [-0.2, -0.15) is 0 Å². The minimum atomic E-state index is -2.95. The molecule has 0 aromatic heterocycles. The van der Waals surface area contributed by atoms with Gasteiger partial charge in [0.2, 0.25) is 5.91 Å². The van der Waals surface area contributed by atoms with Crippen LogP contribution in [0.5, 0.6) is 0 Å². The number of nitrogens with one attached hydrogen (secondary N) is 2. The van der Waals surface area contributed by atoms with E-state index in [4.69, 9.17) is 0 Å². The number of guanidine groups is 1. The first-order valence-electron chi connectivity index (χ1n) is 8.43. The number of hydrogen-bond acceptors (Lipinski definition) is 4. The molecule has 1 saturated heterocycles. The number of likely N-dealkylation sites (N-methyl/N-ethyl adjacent to an activating group) is 1. The Hall–Kier alpha value is -1.36. The van der Waals surface area contributed by atoms with Gasteiger partial charge in [-0.15, -0.1) is 24.0 Å². The van der Waals surface area contributed by atoms with Crippen LogP contribution in [0.25, 0.3) is 0 Å². The third kappa shape index (κ3) is 7.10. The molecule has 1 unspecified atom stereocenters. The van der Waals surface area contributed by atoms with Gasteiger partial charge < -0.3 is 15.5 Å². The molecule has 146 valence electrons. The average molecular weight is 494 g/mol. The Bertz CT molecular complexity index is 710. The summed E-state index contributed by atoms with van der Waals surface area (Å²) in [7, 11) is -1.35. The van der Waals surface area contributed by atoms with E-state index in [1.54, 1.807) is 11.9 Å². The van der Waals surface area contributed by atoms with Crippen LogP contribution in [0.4, 0.5) is 0 Å². The zero-order valence-electron chi connectivity index (χ0n) is 15.1. The molecule has 0 aliphatic carbocycles. The quantitative estimate of drug-likeness (QED) is 0.350. The molecule has 1 fully saturated rings. The Morgan fingerprint density at radius 3 is 2.54 bits per heavy atom. The molecule has 1 amide bonds. The van der Waals surface area contributed by atoms with E-state index in [0.29, 0.717) is 25.5 Å². The summed E-state index contributed by atoms with van der Waals surface area (Å²) in [6.45, 7) is 3.23. The fourth-order valence-corrected chi connectivity index (χ4v) is 4.42. The van der Waals surface area contributed by atoms with Crippen molar-refractivity contribution >= 4 is 45.7 Å². The highest BCUT2D eigenvalue weighted by Gasteiger charge is 2.28. The van der Waals surface area contributed by atoms with Gasteiger partial charge in [0.15, 0.2) is 15.8 Å². The normalized spacial score (nSPS) is 18.7. The minimum Gasteiger partial charge on any atom is -0.353 e.